The summed E-state index contributed by atoms with van der Waals surface area (Å²) >= 11 is 0. The highest BCUT2D eigenvalue weighted by molar-refractivity contribution is 6.09. The normalized spacial score (nSPS) is 11.6. The SMILES string of the molecule is Cc1ccnc(-n2c3ccccc3c3ccc(Oc4cccc(-n5nc(C)c(-c6c(C)cc(C)cc6C)c5C(C)C)c4)cc32)c1. The fraction of sp³-hybridized carbons (Fsp3) is 0.200. The lowest BCUT2D eigenvalue weighted by atomic mass is 9.90. The molecular weight excluding hydrogens is 552 g/mol. The monoisotopic (exact) mass is 590 g/mol. The van der Waals surface area contributed by atoms with E-state index in [9.17, 15) is 0 Å². The summed E-state index contributed by atoms with van der Waals surface area (Å²) in [6.07, 6.45) is 1.87. The van der Waals surface area contributed by atoms with Crippen molar-refractivity contribution in [2.45, 2.75) is 54.4 Å². The number of benzene rings is 4. The third kappa shape index (κ3) is 4.98. The van der Waals surface area contributed by atoms with Crippen LogP contribution in [0.3, 0.4) is 0 Å². The summed E-state index contributed by atoms with van der Waals surface area (Å²) in [4.78, 5) is 4.72. The number of fused-ring (bicyclic) bond motifs is 3. The molecule has 0 aliphatic rings. The van der Waals surface area contributed by atoms with E-state index in [1.54, 1.807) is 0 Å². The van der Waals surface area contributed by atoms with Crippen molar-refractivity contribution in [3.05, 3.63) is 131 Å². The number of rotatable bonds is 6. The maximum absolute atomic E-state index is 6.56. The van der Waals surface area contributed by atoms with E-state index in [4.69, 9.17) is 14.8 Å². The quantitative estimate of drug-likeness (QED) is 0.194. The van der Waals surface area contributed by atoms with Crippen molar-refractivity contribution in [2.75, 3.05) is 0 Å². The average Bonchev–Trinajstić information content (AvgIpc) is 3.51. The Morgan fingerprint density at radius 1 is 0.644 bits per heavy atom. The highest BCUT2D eigenvalue weighted by atomic mass is 16.5. The van der Waals surface area contributed by atoms with Crippen LogP contribution in [0.5, 0.6) is 11.5 Å². The van der Waals surface area contributed by atoms with Crippen LogP contribution in [-0.4, -0.2) is 19.3 Å². The van der Waals surface area contributed by atoms with Crippen molar-refractivity contribution < 1.29 is 4.74 Å². The van der Waals surface area contributed by atoms with Gasteiger partial charge in [0.15, 0.2) is 0 Å². The number of para-hydroxylation sites is 1. The fourth-order valence-corrected chi connectivity index (χ4v) is 6.88. The van der Waals surface area contributed by atoms with Crippen molar-refractivity contribution in [1.82, 2.24) is 19.3 Å². The first-order chi connectivity index (χ1) is 21.7. The van der Waals surface area contributed by atoms with Crippen LogP contribution < -0.4 is 4.74 Å². The molecule has 0 spiro atoms. The summed E-state index contributed by atoms with van der Waals surface area (Å²) in [6, 6.07) is 31.7. The van der Waals surface area contributed by atoms with Gasteiger partial charge < -0.3 is 4.74 Å². The Morgan fingerprint density at radius 3 is 2.13 bits per heavy atom. The van der Waals surface area contributed by atoms with Crippen LogP contribution in [0, 0.1) is 34.6 Å². The smallest absolute Gasteiger partial charge is 0.137 e. The Morgan fingerprint density at radius 2 is 1.38 bits per heavy atom. The van der Waals surface area contributed by atoms with Gasteiger partial charge in [0.05, 0.1) is 28.1 Å². The Kier molecular flexibility index (Phi) is 7.04. The molecule has 0 unspecified atom stereocenters. The molecule has 0 bridgehead atoms. The molecule has 0 atom stereocenters. The van der Waals surface area contributed by atoms with Crippen molar-refractivity contribution in [1.29, 1.82) is 0 Å². The summed E-state index contributed by atoms with van der Waals surface area (Å²) in [6.45, 7) is 15.3. The van der Waals surface area contributed by atoms with Gasteiger partial charge in [-0.25, -0.2) is 9.67 Å². The Hall–Kier alpha value is -5.16. The van der Waals surface area contributed by atoms with E-state index in [2.05, 4.69) is 124 Å². The zero-order valence-electron chi connectivity index (χ0n) is 27.0. The first kappa shape index (κ1) is 28.6. The van der Waals surface area contributed by atoms with Crippen molar-refractivity contribution in [3.8, 4) is 34.1 Å². The predicted octanol–water partition coefficient (Wildman–Crippen LogP) is 10.5. The zero-order valence-corrected chi connectivity index (χ0v) is 27.0. The van der Waals surface area contributed by atoms with Crippen molar-refractivity contribution >= 4 is 21.8 Å². The summed E-state index contributed by atoms with van der Waals surface area (Å²) < 4.78 is 10.9. The van der Waals surface area contributed by atoms with Crippen LogP contribution >= 0.6 is 0 Å². The number of aromatic nitrogens is 4. The van der Waals surface area contributed by atoms with Crippen LogP contribution in [-0.2, 0) is 0 Å². The average molecular weight is 591 g/mol. The highest BCUT2D eigenvalue weighted by Gasteiger charge is 2.23. The number of pyridine rings is 1. The Labute approximate surface area is 264 Å². The molecule has 0 aliphatic heterocycles. The summed E-state index contributed by atoms with van der Waals surface area (Å²) in [7, 11) is 0. The zero-order chi connectivity index (χ0) is 31.4. The third-order valence-corrected chi connectivity index (χ3v) is 8.64. The van der Waals surface area contributed by atoms with Gasteiger partial charge in [0.2, 0.25) is 0 Å². The van der Waals surface area contributed by atoms with Crippen LogP contribution in [0.25, 0.3) is 44.4 Å². The van der Waals surface area contributed by atoms with Crippen molar-refractivity contribution in [2.24, 2.45) is 0 Å². The molecule has 3 heterocycles. The molecule has 0 aliphatic carbocycles. The Bertz CT molecular complexity index is 2210. The molecule has 0 saturated heterocycles. The van der Waals surface area contributed by atoms with Gasteiger partial charge in [-0.2, -0.15) is 5.10 Å². The van der Waals surface area contributed by atoms with E-state index in [0.717, 1.165) is 45.1 Å². The molecule has 0 fully saturated rings. The largest absolute Gasteiger partial charge is 0.457 e. The van der Waals surface area contributed by atoms with Gasteiger partial charge in [-0.3, -0.25) is 4.57 Å². The van der Waals surface area contributed by atoms with E-state index in [1.165, 1.54) is 44.5 Å². The van der Waals surface area contributed by atoms with E-state index in [0.29, 0.717) is 0 Å². The van der Waals surface area contributed by atoms with E-state index >= 15 is 0 Å². The van der Waals surface area contributed by atoms with Gasteiger partial charge in [-0.15, -0.1) is 0 Å². The van der Waals surface area contributed by atoms with Crippen molar-refractivity contribution in [3.63, 3.8) is 0 Å². The molecule has 3 aromatic heterocycles. The molecule has 7 rings (SSSR count). The molecule has 0 amide bonds. The number of hydrogen-bond donors (Lipinski definition) is 0. The van der Waals surface area contributed by atoms with Gasteiger partial charge in [0.25, 0.3) is 0 Å². The summed E-state index contributed by atoms with van der Waals surface area (Å²) in [5.74, 6) is 2.69. The molecular formula is C40H38N4O. The number of nitrogens with zero attached hydrogens (tertiary/aromatic N) is 4. The van der Waals surface area contributed by atoms with Gasteiger partial charge in [-0.05, 0) is 105 Å². The lowest BCUT2D eigenvalue weighted by Crippen LogP contribution is -2.05. The molecule has 0 N–H and O–H groups in total. The maximum Gasteiger partial charge on any atom is 0.137 e. The minimum Gasteiger partial charge on any atom is -0.457 e. The van der Waals surface area contributed by atoms with Crippen LogP contribution in [0.2, 0.25) is 0 Å². The van der Waals surface area contributed by atoms with Gasteiger partial charge in [0.1, 0.15) is 17.3 Å². The highest BCUT2D eigenvalue weighted by Crippen LogP contribution is 2.39. The molecule has 0 saturated carbocycles. The van der Waals surface area contributed by atoms with Gasteiger partial charge >= 0.3 is 0 Å². The molecule has 7 aromatic rings. The molecule has 5 heteroatoms. The lowest BCUT2D eigenvalue weighted by Gasteiger charge is -2.17. The minimum absolute atomic E-state index is 0.269. The van der Waals surface area contributed by atoms with E-state index < -0.39 is 0 Å². The Balaban J connectivity index is 1.31. The summed E-state index contributed by atoms with van der Waals surface area (Å²) in [5.41, 5.74) is 12.9. The third-order valence-electron chi connectivity index (χ3n) is 8.64. The molecule has 224 valence electrons. The van der Waals surface area contributed by atoms with Crippen LogP contribution in [0.4, 0.5) is 0 Å². The van der Waals surface area contributed by atoms with E-state index in [1.807, 2.05) is 30.5 Å². The second kappa shape index (κ2) is 11.1. The number of ether oxygens (including phenoxy) is 1. The molecule has 0 radical (unpaired) electrons. The number of hydrogen-bond acceptors (Lipinski definition) is 3. The van der Waals surface area contributed by atoms with Gasteiger partial charge in [-0.1, -0.05) is 55.8 Å². The summed E-state index contributed by atoms with van der Waals surface area (Å²) in [5, 5.41) is 7.45. The van der Waals surface area contributed by atoms with Gasteiger partial charge in [0, 0.05) is 34.7 Å². The standard InChI is InChI=1S/C40H38N4O/c1-24(2)40-39(38-27(5)19-26(4)20-28(38)6)29(7)42-44(40)30-11-10-12-31(22-30)45-32-15-16-34-33-13-8-9-14-35(33)43(36(34)23-32)37-21-25(3)17-18-41-37/h8-24H,1-7H3. The molecule has 4 aromatic carbocycles. The van der Waals surface area contributed by atoms with Crippen LogP contribution in [0.15, 0.2) is 97.2 Å². The second-order valence-electron chi connectivity index (χ2n) is 12.5. The second-order valence-corrected chi connectivity index (χ2v) is 12.5. The first-order valence-corrected chi connectivity index (χ1v) is 15.6. The molecule has 5 nitrogen and oxygen atoms in total. The first-order valence-electron chi connectivity index (χ1n) is 15.6. The van der Waals surface area contributed by atoms with E-state index in [-0.39, 0.29) is 5.92 Å². The topological polar surface area (TPSA) is 44.9 Å². The minimum atomic E-state index is 0.269. The number of aryl methyl sites for hydroxylation is 5. The van der Waals surface area contributed by atoms with Crippen LogP contribution in [0.1, 0.15) is 53.4 Å². The fourth-order valence-electron chi connectivity index (χ4n) is 6.88. The lowest BCUT2D eigenvalue weighted by molar-refractivity contribution is 0.482. The maximum atomic E-state index is 6.56. The molecule has 45 heavy (non-hydrogen) atoms. The predicted molar refractivity (Wildman–Crippen MR) is 185 cm³/mol.